The molecular weight excluding hydrogens is 366 g/mol. The molecule has 4 nitrogen and oxygen atoms in total. The number of halogens is 1. The van der Waals surface area contributed by atoms with Gasteiger partial charge in [0.2, 0.25) is 5.91 Å². The molecule has 0 spiro atoms. The number of thiophene rings is 1. The fourth-order valence-electron chi connectivity index (χ4n) is 3.89. The third kappa shape index (κ3) is 2.95. The average molecular weight is 386 g/mol. The topological polar surface area (TPSA) is 57.6 Å². The fourth-order valence-corrected chi connectivity index (χ4v) is 5.41. The largest absolute Gasteiger partial charge is 0.481 e. The van der Waals surface area contributed by atoms with Crippen LogP contribution in [0.4, 0.5) is 0 Å². The maximum absolute atomic E-state index is 12.4. The van der Waals surface area contributed by atoms with Crippen molar-refractivity contribution in [2.75, 3.05) is 13.1 Å². The lowest BCUT2D eigenvalue weighted by molar-refractivity contribution is -0.149. The molecule has 6 heteroatoms. The summed E-state index contributed by atoms with van der Waals surface area (Å²) in [6, 6.07) is 4.11. The highest BCUT2D eigenvalue weighted by molar-refractivity contribution is 9.11. The van der Waals surface area contributed by atoms with Crippen LogP contribution in [0.3, 0.4) is 0 Å². The Bertz CT molecular complexity index is 588. The number of aryl methyl sites for hydroxylation is 1. The Balaban J connectivity index is 1.52. The number of fused-ring (bicyclic) bond motifs is 1. The number of hydrogen-bond acceptors (Lipinski definition) is 3. The van der Waals surface area contributed by atoms with Gasteiger partial charge >= 0.3 is 5.97 Å². The molecule has 2 aliphatic rings. The fraction of sp³-hybridized carbons (Fsp3) is 0.625. The Morgan fingerprint density at radius 1 is 1.45 bits per heavy atom. The van der Waals surface area contributed by atoms with E-state index < -0.39 is 11.4 Å². The predicted molar refractivity (Wildman–Crippen MR) is 88.9 cm³/mol. The summed E-state index contributed by atoms with van der Waals surface area (Å²) < 4.78 is 1.12. The van der Waals surface area contributed by atoms with Gasteiger partial charge in [-0.3, -0.25) is 9.59 Å². The Morgan fingerprint density at radius 2 is 2.27 bits per heavy atom. The zero-order valence-electron chi connectivity index (χ0n) is 12.4. The molecule has 0 bridgehead atoms. The second-order valence-electron chi connectivity index (χ2n) is 6.38. The first-order valence-electron chi connectivity index (χ1n) is 7.77. The Morgan fingerprint density at radius 3 is 2.91 bits per heavy atom. The Labute approximate surface area is 142 Å². The van der Waals surface area contributed by atoms with Crippen molar-refractivity contribution in [2.45, 2.75) is 38.5 Å². The summed E-state index contributed by atoms with van der Waals surface area (Å²) >= 11 is 5.14. The minimum Gasteiger partial charge on any atom is -0.481 e. The van der Waals surface area contributed by atoms with Crippen LogP contribution in [0, 0.1) is 11.3 Å². The SMILES string of the molecule is O=C(CCCc1ccc(Br)s1)N1C[C@@H]2CCC[C@@]2(C(=O)O)C1. The van der Waals surface area contributed by atoms with Crippen LogP contribution in [0.15, 0.2) is 15.9 Å². The second-order valence-corrected chi connectivity index (χ2v) is 8.93. The second kappa shape index (κ2) is 6.32. The van der Waals surface area contributed by atoms with Gasteiger partial charge < -0.3 is 10.0 Å². The van der Waals surface area contributed by atoms with E-state index in [2.05, 4.69) is 22.0 Å². The smallest absolute Gasteiger partial charge is 0.311 e. The van der Waals surface area contributed by atoms with Crippen LogP contribution in [-0.4, -0.2) is 35.0 Å². The van der Waals surface area contributed by atoms with Crippen LogP contribution in [0.25, 0.3) is 0 Å². The van der Waals surface area contributed by atoms with E-state index in [9.17, 15) is 14.7 Å². The maximum Gasteiger partial charge on any atom is 0.311 e. The van der Waals surface area contributed by atoms with Gasteiger partial charge in [-0.15, -0.1) is 11.3 Å². The molecule has 0 radical (unpaired) electrons. The molecule has 1 aliphatic carbocycles. The summed E-state index contributed by atoms with van der Waals surface area (Å²) in [5.41, 5.74) is -0.658. The highest BCUT2D eigenvalue weighted by Gasteiger charge is 2.55. The van der Waals surface area contributed by atoms with Gasteiger partial charge in [-0.05, 0) is 59.7 Å². The first kappa shape index (κ1) is 16.0. The summed E-state index contributed by atoms with van der Waals surface area (Å²) in [6.45, 7) is 1.05. The zero-order valence-corrected chi connectivity index (χ0v) is 14.8. The van der Waals surface area contributed by atoms with Gasteiger partial charge in [0, 0.05) is 24.4 Å². The van der Waals surface area contributed by atoms with Crippen LogP contribution < -0.4 is 0 Å². The molecule has 0 unspecified atom stereocenters. The number of carbonyl (C=O) groups is 2. The van der Waals surface area contributed by atoms with Gasteiger partial charge in [0.05, 0.1) is 9.20 Å². The number of aliphatic carboxylic acids is 1. The molecule has 1 amide bonds. The monoisotopic (exact) mass is 385 g/mol. The van der Waals surface area contributed by atoms with E-state index >= 15 is 0 Å². The molecule has 1 saturated heterocycles. The van der Waals surface area contributed by atoms with E-state index in [1.54, 1.807) is 16.2 Å². The van der Waals surface area contributed by atoms with E-state index in [-0.39, 0.29) is 11.8 Å². The van der Waals surface area contributed by atoms with E-state index in [0.29, 0.717) is 19.5 Å². The molecule has 1 N–H and O–H groups in total. The quantitative estimate of drug-likeness (QED) is 0.842. The molecule has 2 atom stereocenters. The minimum absolute atomic E-state index is 0.116. The standard InChI is InChI=1S/C16H20BrNO3S/c17-13-7-6-12(22-13)4-1-5-14(19)18-9-11-3-2-8-16(11,10-18)15(20)21/h6-7,11H,1-5,8-10H2,(H,20,21)/t11-,16+/m0/s1. The van der Waals surface area contributed by atoms with Crippen molar-refractivity contribution in [3.8, 4) is 0 Å². The summed E-state index contributed by atoms with van der Waals surface area (Å²) in [6.07, 6.45) is 4.89. The summed E-state index contributed by atoms with van der Waals surface area (Å²) in [5.74, 6) is -0.443. The molecule has 3 rings (SSSR count). The number of rotatable bonds is 5. The van der Waals surface area contributed by atoms with Crippen molar-refractivity contribution in [3.05, 3.63) is 20.8 Å². The van der Waals surface area contributed by atoms with Gasteiger partial charge in [-0.2, -0.15) is 0 Å². The van der Waals surface area contributed by atoms with Crippen molar-refractivity contribution >= 4 is 39.1 Å². The van der Waals surface area contributed by atoms with E-state index in [1.807, 2.05) is 6.07 Å². The van der Waals surface area contributed by atoms with E-state index in [4.69, 9.17) is 0 Å². The third-order valence-corrected chi connectivity index (χ3v) is 6.78. The van der Waals surface area contributed by atoms with Gasteiger partial charge in [0.25, 0.3) is 0 Å². The highest BCUT2D eigenvalue weighted by Crippen LogP contribution is 2.49. The van der Waals surface area contributed by atoms with E-state index in [1.165, 1.54) is 4.88 Å². The third-order valence-electron chi connectivity index (χ3n) is 5.09. The van der Waals surface area contributed by atoms with Gasteiger partial charge in [-0.1, -0.05) is 6.42 Å². The number of carboxylic acid groups (broad SMARTS) is 1. The van der Waals surface area contributed by atoms with Crippen LogP contribution in [-0.2, 0) is 16.0 Å². The van der Waals surface area contributed by atoms with Crippen molar-refractivity contribution in [1.82, 2.24) is 4.90 Å². The lowest BCUT2D eigenvalue weighted by Crippen LogP contribution is -2.37. The van der Waals surface area contributed by atoms with Gasteiger partial charge in [-0.25, -0.2) is 0 Å². The van der Waals surface area contributed by atoms with Crippen molar-refractivity contribution in [3.63, 3.8) is 0 Å². The van der Waals surface area contributed by atoms with Crippen molar-refractivity contribution < 1.29 is 14.7 Å². The Hall–Kier alpha value is -0.880. The summed E-state index contributed by atoms with van der Waals surface area (Å²) in [7, 11) is 0. The van der Waals surface area contributed by atoms with Crippen LogP contribution in [0.5, 0.6) is 0 Å². The van der Waals surface area contributed by atoms with Gasteiger partial charge in [0.1, 0.15) is 0 Å². The molecule has 2 heterocycles. The van der Waals surface area contributed by atoms with Crippen molar-refractivity contribution in [1.29, 1.82) is 0 Å². The molecule has 1 aromatic rings. The first-order valence-corrected chi connectivity index (χ1v) is 9.37. The zero-order chi connectivity index (χ0) is 15.7. The molecule has 1 aliphatic heterocycles. The number of carboxylic acids is 1. The first-order chi connectivity index (χ1) is 10.5. The lowest BCUT2D eigenvalue weighted by Gasteiger charge is -2.23. The molecule has 22 heavy (non-hydrogen) atoms. The number of nitrogens with zero attached hydrogens (tertiary/aromatic N) is 1. The molecule has 1 aromatic heterocycles. The minimum atomic E-state index is -0.714. The normalized spacial score (nSPS) is 27.1. The Kier molecular flexibility index (Phi) is 4.59. The molecule has 120 valence electrons. The lowest BCUT2D eigenvalue weighted by atomic mass is 9.81. The average Bonchev–Trinajstić information content (AvgIpc) is 3.12. The predicted octanol–water partition coefficient (Wildman–Crippen LogP) is 3.55. The maximum atomic E-state index is 12.4. The molecule has 0 aromatic carbocycles. The number of likely N-dealkylation sites (tertiary alicyclic amines) is 1. The summed E-state index contributed by atoms with van der Waals surface area (Å²) in [5, 5.41) is 9.56. The highest BCUT2D eigenvalue weighted by atomic mass is 79.9. The van der Waals surface area contributed by atoms with Crippen LogP contribution in [0.2, 0.25) is 0 Å². The molecule has 1 saturated carbocycles. The molecule has 2 fully saturated rings. The van der Waals surface area contributed by atoms with E-state index in [0.717, 1.165) is 35.9 Å². The molecular formula is C16H20BrNO3S. The number of carbonyl (C=O) groups excluding carboxylic acids is 1. The van der Waals surface area contributed by atoms with Crippen LogP contribution >= 0.6 is 27.3 Å². The summed E-state index contributed by atoms with van der Waals surface area (Å²) in [4.78, 5) is 27.1. The van der Waals surface area contributed by atoms with Crippen LogP contribution in [0.1, 0.15) is 37.0 Å². The van der Waals surface area contributed by atoms with Gasteiger partial charge in [0.15, 0.2) is 0 Å². The van der Waals surface area contributed by atoms with Crippen molar-refractivity contribution in [2.24, 2.45) is 11.3 Å². The number of amides is 1. The number of hydrogen-bond donors (Lipinski definition) is 1.